The van der Waals surface area contributed by atoms with E-state index in [0.29, 0.717) is 12.3 Å². The molecule has 1 aliphatic heterocycles. The van der Waals surface area contributed by atoms with Crippen molar-refractivity contribution in [3.63, 3.8) is 0 Å². The van der Waals surface area contributed by atoms with Gasteiger partial charge in [-0.05, 0) is 35.7 Å². The zero-order chi connectivity index (χ0) is 13.9. The fourth-order valence-corrected chi connectivity index (χ4v) is 2.39. The van der Waals surface area contributed by atoms with Gasteiger partial charge in [0.25, 0.3) is 5.91 Å². The monoisotopic (exact) mass is 271 g/mol. The van der Waals surface area contributed by atoms with Crippen LogP contribution in [0.5, 0.6) is 0 Å². The summed E-state index contributed by atoms with van der Waals surface area (Å²) in [6, 6.07) is 13.6. The topological polar surface area (TPSA) is 38.3 Å². The van der Waals surface area contributed by atoms with Crippen LogP contribution in [0.25, 0.3) is 0 Å². The maximum Gasteiger partial charge on any atom is 0.258 e. The van der Waals surface area contributed by atoms with Crippen molar-refractivity contribution in [1.82, 2.24) is 0 Å². The second kappa shape index (κ2) is 5.43. The molecular weight excluding hydrogens is 257 g/mol. The smallest absolute Gasteiger partial charge is 0.258 e. The molecule has 20 heavy (non-hydrogen) atoms. The average molecular weight is 271 g/mol. The van der Waals surface area contributed by atoms with E-state index >= 15 is 0 Å². The minimum Gasteiger partial charge on any atom is -0.363 e. The molecule has 3 nitrogen and oxygen atoms in total. The molecular formula is C16H14FNO2. The van der Waals surface area contributed by atoms with E-state index in [0.717, 1.165) is 17.5 Å². The second-order valence-electron chi connectivity index (χ2n) is 4.70. The highest BCUT2D eigenvalue weighted by Crippen LogP contribution is 2.28. The van der Waals surface area contributed by atoms with Crippen LogP contribution in [0.15, 0.2) is 48.5 Å². The van der Waals surface area contributed by atoms with E-state index in [1.807, 2.05) is 24.3 Å². The van der Waals surface area contributed by atoms with Crippen LogP contribution in [-0.2, 0) is 16.0 Å². The number of carbonyl (C=O) groups is 1. The van der Waals surface area contributed by atoms with E-state index in [-0.39, 0.29) is 11.7 Å². The molecule has 0 aliphatic carbocycles. The van der Waals surface area contributed by atoms with Crippen molar-refractivity contribution in [2.75, 3.05) is 11.9 Å². The quantitative estimate of drug-likeness (QED) is 0.911. The summed E-state index contributed by atoms with van der Waals surface area (Å²) in [4.78, 5) is 12.3. The molecule has 0 fully saturated rings. The predicted octanol–water partition coefficient (Wildman–Crippen LogP) is 3.08. The predicted molar refractivity (Wildman–Crippen MR) is 73.9 cm³/mol. The van der Waals surface area contributed by atoms with Crippen LogP contribution in [0, 0.1) is 5.82 Å². The van der Waals surface area contributed by atoms with Crippen LogP contribution in [0.1, 0.15) is 17.2 Å². The Morgan fingerprint density at radius 3 is 2.90 bits per heavy atom. The lowest BCUT2D eigenvalue weighted by Gasteiger charge is -2.25. The highest BCUT2D eigenvalue weighted by atomic mass is 19.1. The Balaban J connectivity index is 1.82. The first-order valence-electron chi connectivity index (χ1n) is 6.50. The molecule has 0 spiro atoms. The number of nitrogens with one attached hydrogen (secondary N) is 1. The van der Waals surface area contributed by atoms with Gasteiger partial charge in [0, 0.05) is 5.69 Å². The SMILES string of the molecule is O=C(Nc1cccc(F)c1)C1OCCc2ccccc21. The molecule has 2 aromatic carbocycles. The van der Waals surface area contributed by atoms with Gasteiger partial charge in [-0.25, -0.2) is 4.39 Å². The molecule has 102 valence electrons. The molecule has 3 rings (SSSR count). The highest BCUT2D eigenvalue weighted by molar-refractivity contribution is 5.95. The minimum atomic E-state index is -0.636. The van der Waals surface area contributed by atoms with Gasteiger partial charge >= 0.3 is 0 Å². The largest absolute Gasteiger partial charge is 0.363 e. The Morgan fingerprint density at radius 2 is 2.05 bits per heavy atom. The number of carbonyl (C=O) groups excluding carboxylic acids is 1. The van der Waals surface area contributed by atoms with Crippen molar-refractivity contribution in [1.29, 1.82) is 0 Å². The molecule has 0 radical (unpaired) electrons. The first kappa shape index (κ1) is 12.8. The number of fused-ring (bicyclic) bond motifs is 1. The van der Waals surface area contributed by atoms with Gasteiger partial charge < -0.3 is 10.1 Å². The summed E-state index contributed by atoms with van der Waals surface area (Å²) >= 11 is 0. The van der Waals surface area contributed by atoms with Gasteiger partial charge in [-0.3, -0.25) is 4.79 Å². The van der Waals surface area contributed by atoms with Gasteiger partial charge in [-0.1, -0.05) is 30.3 Å². The number of ether oxygens (including phenoxy) is 1. The number of rotatable bonds is 2. The summed E-state index contributed by atoms with van der Waals surface area (Å²) in [7, 11) is 0. The third kappa shape index (κ3) is 2.56. The number of benzene rings is 2. The zero-order valence-corrected chi connectivity index (χ0v) is 10.8. The number of halogens is 1. The fourth-order valence-electron chi connectivity index (χ4n) is 2.39. The molecule has 1 atom stereocenters. The molecule has 1 aliphatic rings. The summed E-state index contributed by atoms with van der Waals surface area (Å²) in [5.41, 5.74) is 2.44. The van der Waals surface area contributed by atoms with Gasteiger partial charge in [-0.15, -0.1) is 0 Å². The minimum absolute atomic E-state index is 0.275. The van der Waals surface area contributed by atoms with Crippen LogP contribution in [-0.4, -0.2) is 12.5 Å². The van der Waals surface area contributed by atoms with Gasteiger partial charge in [0.15, 0.2) is 6.10 Å². The molecule has 1 heterocycles. The van der Waals surface area contributed by atoms with Gasteiger partial charge in [-0.2, -0.15) is 0 Å². The van der Waals surface area contributed by atoms with Gasteiger partial charge in [0.1, 0.15) is 5.82 Å². The Hall–Kier alpha value is -2.20. The van der Waals surface area contributed by atoms with E-state index in [4.69, 9.17) is 4.74 Å². The summed E-state index contributed by atoms with van der Waals surface area (Å²) in [6.45, 7) is 0.512. The van der Waals surface area contributed by atoms with Gasteiger partial charge in [0.2, 0.25) is 0 Å². The molecule has 0 saturated heterocycles. The van der Waals surface area contributed by atoms with E-state index in [1.165, 1.54) is 12.1 Å². The van der Waals surface area contributed by atoms with Crippen LogP contribution in [0.4, 0.5) is 10.1 Å². The van der Waals surface area contributed by atoms with Crippen molar-refractivity contribution in [3.8, 4) is 0 Å². The van der Waals surface area contributed by atoms with E-state index < -0.39 is 6.10 Å². The molecule has 1 unspecified atom stereocenters. The Bertz CT molecular complexity index is 642. The van der Waals surface area contributed by atoms with Crippen molar-refractivity contribution in [3.05, 3.63) is 65.5 Å². The number of hydrogen-bond donors (Lipinski definition) is 1. The standard InChI is InChI=1S/C16H14FNO2/c17-12-5-3-6-13(10-12)18-16(19)15-14-7-2-1-4-11(14)8-9-20-15/h1-7,10,15H,8-9H2,(H,18,19). The van der Waals surface area contributed by atoms with Crippen molar-refractivity contribution in [2.24, 2.45) is 0 Å². The maximum atomic E-state index is 13.1. The maximum absolute atomic E-state index is 13.1. The summed E-state index contributed by atoms with van der Waals surface area (Å²) < 4.78 is 18.7. The number of hydrogen-bond acceptors (Lipinski definition) is 2. The molecule has 2 aromatic rings. The van der Waals surface area contributed by atoms with Crippen molar-refractivity contribution in [2.45, 2.75) is 12.5 Å². The Morgan fingerprint density at radius 1 is 1.20 bits per heavy atom. The van der Waals surface area contributed by atoms with Crippen LogP contribution in [0.2, 0.25) is 0 Å². The summed E-state index contributed by atoms with van der Waals surface area (Å²) in [5, 5.41) is 2.69. The summed E-state index contributed by atoms with van der Waals surface area (Å²) in [6.07, 6.45) is 0.170. The molecule has 0 saturated carbocycles. The number of amides is 1. The van der Waals surface area contributed by atoms with Crippen LogP contribution < -0.4 is 5.32 Å². The third-order valence-electron chi connectivity index (χ3n) is 3.32. The fraction of sp³-hybridized carbons (Fsp3) is 0.188. The highest BCUT2D eigenvalue weighted by Gasteiger charge is 2.27. The molecule has 4 heteroatoms. The summed E-state index contributed by atoms with van der Waals surface area (Å²) in [5.74, 6) is -0.657. The lowest BCUT2D eigenvalue weighted by Crippen LogP contribution is -2.28. The van der Waals surface area contributed by atoms with Crippen LogP contribution >= 0.6 is 0 Å². The van der Waals surface area contributed by atoms with E-state index in [9.17, 15) is 9.18 Å². The second-order valence-corrected chi connectivity index (χ2v) is 4.70. The molecule has 0 bridgehead atoms. The molecule has 1 amide bonds. The molecule has 1 N–H and O–H groups in total. The lowest BCUT2D eigenvalue weighted by atomic mass is 9.97. The average Bonchev–Trinajstić information content (AvgIpc) is 2.46. The molecule has 0 aromatic heterocycles. The first-order chi connectivity index (χ1) is 9.74. The zero-order valence-electron chi connectivity index (χ0n) is 10.8. The third-order valence-corrected chi connectivity index (χ3v) is 3.32. The number of anilines is 1. The Labute approximate surface area is 116 Å². The Kier molecular flexibility index (Phi) is 3.48. The van der Waals surface area contributed by atoms with Crippen molar-refractivity contribution >= 4 is 11.6 Å². The van der Waals surface area contributed by atoms with Crippen molar-refractivity contribution < 1.29 is 13.9 Å². The van der Waals surface area contributed by atoms with E-state index in [1.54, 1.807) is 12.1 Å². The van der Waals surface area contributed by atoms with Gasteiger partial charge in [0.05, 0.1) is 6.61 Å². The van der Waals surface area contributed by atoms with Crippen LogP contribution in [0.3, 0.4) is 0 Å². The van der Waals surface area contributed by atoms with E-state index in [2.05, 4.69) is 5.32 Å². The first-order valence-corrected chi connectivity index (χ1v) is 6.50. The normalized spacial score (nSPS) is 17.4. The lowest BCUT2D eigenvalue weighted by molar-refractivity contribution is -0.128.